The van der Waals surface area contributed by atoms with Gasteiger partial charge in [0.1, 0.15) is 0 Å². The summed E-state index contributed by atoms with van der Waals surface area (Å²) in [6.07, 6.45) is 1.95. The number of non-ortho nitro benzene ring substituents is 1. The number of nitro groups is 1. The van der Waals surface area contributed by atoms with Crippen molar-refractivity contribution in [2.45, 2.75) is 18.9 Å². The van der Waals surface area contributed by atoms with E-state index in [9.17, 15) is 14.9 Å². The second-order valence-corrected chi connectivity index (χ2v) is 6.13. The molecule has 0 aliphatic heterocycles. The van der Waals surface area contributed by atoms with Crippen LogP contribution in [0.25, 0.3) is 22.2 Å². The number of amides is 1. The first-order chi connectivity index (χ1) is 12.1. The van der Waals surface area contributed by atoms with Crippen LogP contribution in [0.5, 0.6) is 0 Å². The predicted octanol–water partition coefficient (Wildman–Crippen LogP) is 3.70. The fraction of sp³-hybridized carbons (Fsp3) is 0.158. The van der Waals surface area contributed by atoms with Crippen LogP contribution >= 0.6 is 0 Å². The van der Waals surface area contributed by atoms with Crippen molar-refractivity contribution in [3.05, 3.63) is 70.3 Å². The van der Waals surface area contributed by atoms with Gasteiger partial charge >= 0.3 is 0 Å². The maximum absolute atomic E-state index is 12.7. The molecule has 1 heterocycles. The van der Waals surface area contributed by atoms with E-state index in [0.717, 1.165) is 18.4 Å². The highest BCUT2D eigenvalue weighted by atomic mass is 16.6. The number of rotatable bonds is 4. The molecule has 6 nitrogen and oxygen atoms in total. The van der Waals surface area contributed by atoms with Gasteiger partial charge in [0.2, 0.25) is 0 Å². The summed E-state index contributed by atoms with van der Waals surface area (Å²) in [6, 6.07) is 15.9. The van der Waals surface area contributed by atoms with Crippen LogP contribution in [0.2, 0.25) is 0 Å². The van der Waals surface area contributed by atoms with Crippen LogP contribution in [-0.2, 0) is 0 Å². The van der Waals surface area contributed by atoms with E-state index in [1.54, 1.807) is 12.1 Å². The Balaban J connectivity index is 1.90. The molecule has 1 amide bonds. The van der Waals surface area contributed by atoms with Gasteiger partial charge in [0, 0.05) is 29.1 Å². The third kappa shape index (κ3) is 3.06. The van der Waals surface area contributed by atoms with Gasteiger partial charge in [-0.05, 0) is 25.0 Å². The Hall–Kier alpha value is -3.28. The number of hydrogen-bond acceptors (Lipinski definition) is 4. The highest BCUT2D eigenvalue weighted by Crippen LogP contribution is 2.28. The third-order valence-electron chi connectivity index (χ3n) is 4.23. The van der Waals surface area contributed by atoms with E-state index in [2.05, 4.69) is 10.3 Å². The van der Waals surface area contributed by atoms with Crippen LogP contribution in [0.15, 0.2) is 54.6 Å². The van der Waals surface area contributed by atoms with E-state index in [-0.39, 0.29) is 17.6 Å². The Morgan fingerprint density at radius 2 is 1.88 bits per heavy atom. The quantitative estimate of drug-likeness (QED) is 0.583. The number of nitro benzene ring substituents is 1. The minimum atomic E-state index is -0.465. The highest BCUT2D eigenvalue weighted by Gasteiger charge is 2.25. The molecule has 6 heteroatoms. The van der Waals surface area contributed by atoms with Gasteiger partial charge in [0.15, 0.2) is 0 Å². The zero-order chi connectivity index (χ0) is 17.4. The minimum Gasteiger partial charge on any atom is -0.349 e. The first-order valence-corrected chi connectivity index (χ1v) is 8.07. The van der Waals surface area contributed by atoms with Gasteiger partial charge in [0.05, 0.1) is 21.7 Å². The van der Waals surface area contributed by atoms with Crippen LogP contribution in [0, 0.1) is 10.1 Å². The van der Waals surface area contributed by atoms with Crippen molar-refractivity contribution in [3.8, 4) is 11.3 Å². The lowest BCUT2D eigenvalue weighted by Gasteiger charge is -2.10. The van der Waals surface area contributed by atoms with E-state index in [1.165, 1.54) is 12.1 Å². The molecule has 1 aromatic heterocycles. The monoisotopic (exact) mass is 333 g/mol. The molecule has 25 heavy (non-hydrogen) atoms. The topological polar surface area (TPSA) is 85.1 Å². The third-order valence-corrected chi connectivity index (χ3v) is 4.23. The van der Waals surface area contributed by atoms with Crippen molar-refractivity contribution in [3.63, 3.8) is 0 Å². The average Bonchev–Trinajstić information content (AvgIpc) is 3.45. The average molecular weight is 333 g/mol. The van der Waals surface area contributed by atoms with E-state index in [1.807, 2.05) is 30.3 Å². The van der Waals surface area contributed by atoms with Gasteiger partial charge in [0.25, 0.3) is 11.6 Å². The number of carbonyl (C=O) groups is 1. The second-order valence-electron chi connectivity index (χ2n) is 6.13. The molecule has 1 aliphatic carbocycles. The van der Waals surface area contributed by atoms with Gasteiger partial charge in [-0.2, -0.15) is 0 Å². The number of carbonyl (C=O) groups excluding carboxylic acids is 1. The van der Waals surface area contributed by atoms with Crippen molar-refractivity contribution >= 4 is 22.5 Å². The molecule has 4 rings (SSSR count). The van der Waals surface area contributed by atoms with Crippen molar-refractivity contribution in [2.24, 2.45) is 0 Å². The molecule has 1 fully saturated rings. The van der Waals surface area contributed by atoms with E-state index in [4.69, 9.17) is 0 Å². The molecule has 0 saturated heterocycles. The van der Waals surface area contributed by atoms with Crippen molar-refractivity contribution in [1.29, 1.82) is 0 Å². The summed E-state index contributed by atoms with van der Waals surface area (Å²) in [5, 5.41) is 14.5. The van der Waals surface area contributed by atoms with E-state index < -0.39 is 4.92 Å². The largest absolute Gasteiger partial charge is 0.349 e. The maximum atomic E-state index is 12.7. The lowest BCUT2D eigenvalue weighted by molar-refractivity contribution is -0.384. The number of benzene rings is 2. The van der Waals surface area contributed by atoms with Gasteiger partial charge in [-0.15, -0.1) is 0 Å². The van der Waals surface area contributed by atoms with Gasteiger partial charge in [-0.25, -0.2) is 4.98 Å². The Morgan fingerprint density at radius 3 is 2.56 bits per heavy atom. The van der Waals surface area contributed by atoms with Crippen molar-refractivity contribution in [1.82, 2.24) is 10.3 Å². The van der Waals surface area contributed by atoms with Crippen molar-refractivity contribution < 1.29 is 9.72 Å². The molecular formula is C19H15N3O3. The Morgan fingerprint density at radius 1 is 1.12 bits per heavy atom. The molecule has 2 aromatic carbocycles. The summed E-state index contributed by atoms with van der Waals surface area (Å²) < 4.78 is 0. The summed E-state index contributed by atoms with van der Waals surface area (Å²) >= 11 is 0. The molecule has 1 N–H and O–H groups in total. The van der Waals surface area contributed by atoms with Gasteiger partial charge in [-0.3, -0.25) is 14.9 Å². The smallest absolute Gasteiger partial charge is 0.270 e. The minimum absolute atomic E-state index is 0.0535. The Kier molecular flexibility index (Phi) is 3.65. The SMILES string of the molecule is O=C(NC1CC1)c1cc(-c2ccccc2)nc2ccc([N+](=O)[O-])cc12. The molecule has 3 aromatic rings. The first-order valence-electron chi connectivity index (χ1n) is 8.07. The number of pyridine rings is 1. The summed E-state index contributed by atoms with van der Waals surface area (Å²) in [5.41, 5.74) is 2.49. The molecule has 0 bridgehead atoms. The normalized spacial score (nSPS) is 13.6. The van der Waals surface area contributed by atoms with E-state index >= 15 is 0 Å². The van der Waals surface area contributed by atoms with Gasteiger partial charge < -0.3 is 5.32 Å². The van der Waals surface area contributed by atoms with E-state index in [0.29, 0.717) is 22.2 Å². The molecule has 1 saturated carbocycles. The van der Waals surface area contributed by atoms with Crippen LogP contribution < -0.4 is 5.32 Å². The molecule has 0 spiro atoms. The molecule has 124 valence electrons. The van der Waals surface area contributed by atoms with Crippen molar-refractivity contribution in [2.75, 3.05) is 0 Å². The van der Waals surface area contributed by atoms with Crippen LogP contribution in [0.4, 0.5) is 5.69 Å². The molecule has 0 radical (unpaired) electrons. The Labute approximate surface area is 143 Å². The van der Waals surface area contributed by atoms with Crippen LogP contribution in [0.1, 0.15) is 23.2 Å². The summed E-state index contributed by atoms with van der Waals surface area (Å²) in [7, 11) is 0. The first kappa shape index (κ1) is 15.3. The molecule has 0 atom stereocenters. The fourth-order valence-corrected chi connectivity index (χ4v) is 2.76. The second kappa shape index (κ2) is 5.98. The zero-order valence-electron chi connectivity index (χ0n) is 13.3. The lowest BCUT2D eigenvalue weighted by Crippen LogP contribution is -2.25. The van der Waals surface area contributed by atoms with Crippen LogP contribution in [0.3, 0.4) is 0 Å². The molecule has 0 unspecified atom stereocenters. The number of nitrogens with one attached hydrogen (secondary N) is 1. The molecular weight excluding hydrogens is 318 g/mol. The van der Waals surface area contributed by atoms with Gasteiger partial charge in [-0.1, -0.05) is 30.3 Å². The zero-order valence-corrected chi connectivity index (χ0v) is 13.3. The number of aromatic nitrogens is 1. The number of hydrogen-bond donors (Lipinski definition) is 1. The Bertz CT molecular complexity index is 982. The summed E-state index contributed by atoms with van der Waals surface area (Å²) in [4.78, 5) is 27.9. The number of nitrogens with zero attached hydrogens (tertiary/aromatic N) is 2. The standard InChI is InChI=1S/C19H15N3O3/c23-19(20-13-6-7-13)16-11-18(12-4-2-1-3-5-12)21-17-9-8-14(22(24)25)10-15(16)17/h1-5,8-11,13H,6-7H2,(H,20,23). The maximum Gasteiger partial charge on any atom is 0.270 e. The molecule has 1 aliphatic rings. The van der Waals surface area contributed by atoms with Crippen LogP contribution in [-0.4, -0.2) is 21.9 Å². The predicted molar refractivity (Wildman–Crippen MR) is 94.3 cm³/mol. The number of fused-ring (bicyclic) bond motifs is 1. The fourth-order valence-electron chi connectivity index (χ4n) is 2.76. The summed E-state index contributed by atoms with van der Waals surface area (Å²) in [5.74, 6) is -0.215. The lowest BCUT2D eigenvalue weighted by atomic mass is 10.0. The summed E-state index contributed by atoms with van der Waals surface area (Å²) in [6.45, 7) is 0. The highest BCUT2D eigenvalue weighted by molar-refractivity contribution is 6.07.